The van der Waals surface area contributed by atoms with E-state index >= 15 is 0 Å². The molecule has 1 aromatic rings. The molecule has 1 heterocycles. The molecule has 112 valence electrons. The third kappa shape index (κ3) is 4.47. The van der Waals surface area contributed by atoms with Gasteiger partial charge in [-0.15, -0.1) is 0 Å². The summed E-state index contributed by atoms with van der Waals surface area (Å²) in [7, 11) is 1.72. The van der Waals surface area contributed by atoms with Crippen molar-refractivity contribution in [3.8, 4) is 5.75 Å². The first kappa shape index (κ1) is 15.3. The van der Waals surface area contributed by atoms with Crippen LogP contribution in [0.3, 0.4) is 0 Å². The fraction of sp³-hybridized carbons (Fsp3) is 0.625. The van der Waals surface area contributed by atoms with Gasteiger partial charge in [0.1, 0.15) is 11.9 Å². The minimum absolute atomic E-state index is 0.280. The summed E-state index contributed by atoms with van der Waals surface area (Å²) >= 11 is 0. The average molecular weight is 279 g/mol. The van der Waals surface area contributed by atoms with Crippen molar-refractivity contribution < 1.29 is 14.2 Å². The van der Waals surface area contributed by atoms with E-state index in [1.165, 1.54) is 11.1 Å². The molecule has 1 saturated heterocycles. The van der Waals surface area contributed by atoms with Gasteiger partial charge < -0.3 is 19.5 Å². The number of hydrogen-bond donors (Lipinski definition) is 1. The molecule has 2 rings (SSSR count). The first-order chi connectivity index (χ1) is 9.81. The molecule has 0 saturated carbocycles. The summed E-state index contributed by atoms with van der Waals surface area (Å²) in [5.41, 5.74) is 2.41. The van der Waals surface area contributed by atoms with Gasteiger partial charge in [-0.1, -0.05) is 18.2 Å². The molecule has 0 bridgehead atoms. The second-order valence-corrected chi connectivity index (χ2v) is 5.16. The van der Waals surface area contributed by atoms with Gasteiger partial charge in [0.2, 0.25) is 0 Å². The Labute approximate surface area is 121 Å². The van der Waals surface area contributed by atoms with E-state index in [0.29, 0.717) is 0 Å². The Hall–Kier alpha value is -1.10. The van der Waals surface area contributed by atoms with Crippen molar-refractivity contribution in [2.75, 3.05) is 33.5 Å². The van der Waals surface area contributed by atoms with Crippen LogP contribution in [-0.4, -0.2) is 39.6 Å². The number of rotatable bonds is 7. The summed E-state index contributed by atoms with van der Waals surface area (Å²) in [5.74, 6) is 1.03. The van der Waals surface area contributed by atoms with Gasteiger partial charge in [0.25, 0.3) is 0 Å². The predicted molar refractivity (Wildman–Crippen MR) is 79.2 cm³/mol. The van der Waals surface area contributed by atoms with Gasteiger partial charge in [-0.2, -0.15) is 0 Å². The van der Waals surface area contributed by atoms with E-state index in [1.807, 2.05) is 0 Å². The molecule has 1 N–H and O–H groups in total. The van der Waals surface area contributed by atoms with Gasteiger partial charge in [0.05, 0.1) is 19.8 Å². The van der Waals surface area contributed by atoms with Crippen molar-refractivity contribution in [2.45, 2.75) is 32.4 Å². The van der Waals surface area contributed by atoms with E-state index in [0.717, 1.165) is 51.5 Å². The van der Waals surface area contributed by atoms with Gasteiger partial charge in [0, 0.05) is 38.6 Å². The van der Waals surface area contributed by atoms with E-state index in [4.69, 9.17) is 14.2 Å². The van der Waals surface area contributed by atoms with Gasteiger partial charge >= 0.3 is 0 Å². The molecule has 0 amide bonds. The normalized spacial score (nSPS) is 16.3. The monoisotopic (exact) mass is 279 g/mol. The SMILES string of the molecule is COCCNCc1cccc(C)c1OC1CCOCC1. The summed E-state index contributed by atoms with van der Waals surface area (Å²) in [6.45, 7) is 6.09. The summed E-state index contributed by atoms with van der Waals surface area (Å²) in [6.07, 6.45) is 2.23. The van der Waals surface area contributed by atoms with E-state index in [1.54, 1.807) is 7.11 Å². The van der Waals surface area contributed by atoms with Crippen molar-refractivity contribution >= 4 is 0 Å². The van der Waals surface area contributed by atoms with Crippen molar-refractivity contribution in [2.24, 2.45) is 0 Å². The number of benzene rings is 1. The maximum absolute atomic E-state index is 6.22. The topological polar surface area (TPSA) is 39.7 Å². The zero-order chi connectivity index (χ0) is 14.2. The highest BCUT2D eigenvalue weighted by Gasteiger charge is 2.17. The number of nitrogens with one attached hydrogen (secondary N) is 1. The number of ether oxygens (including phenoxy) is 3. The van der Waals surface area contributed by atoms with Crippen LogP contribution in [0.5, 0.6) is 5.75 Å². The van der Waals surface area contributed by atoms with Crippen LogP contribution in [0, 0.1) is 6.92 Å². The van der Waals surface area contributed by atoms with Crippen molar-refractivity contribution in [1.82, 2.24) is 5.32 Å². The molecule has 1 fully saturated rings. The fourth-order valence-electron chi connectivity index (χ4n) is 2.38. The molecule has 1 aliphatic rings. The van der Waals surface area contributed by atoms with Crippen LogP contribution in [0.25, 0.3) is 0 Å². The summed E-state index contributed by atoms with van der Waals surface area (Å²) < 4.78 is 16.7. The number of hydrogen-bond acceptors (Lipinski definition) is 4. The van der Waals surface area contributed by atoms with Crippen LogP contribution < -0.4 is 10.1 Å². The molecule has 0 atom stereocenters. The lowest BCUT2D eigenvalue weighted by Gasteiger charge is -2.25. The average Bonchev–Trinajstić information content (AvgIpc) is 2.48. The van der Waals surface area contributed by atoms with Gasteiger partial charge in [-0.25, -0.2) is 0 Å². The molecule has 1 aromatic carbocycles. The van der Waals surface area contributed by atoms with Gasteiger partial charge in [-0.3, -0.25) is 0 Å². The second-order valence-electron chi connectivity index (χ2n) is 5.16. The van der Waals surface area contributed by atoms with E-state index in [-0.39, 0.29) is 6.10 Å². The lowest BCUT2D eigenvalue weighted by molar-refractivity contribution is 0.0248. The summed E-state index contributed by atoms with van der Waals surface area (Å²) in [5, 5.41) is 3.38. The van der Waals surface area contributed by atoms with E-state index < -0.39 is 0 Å². The Balaban J connectivity index is 1.97. The molecule has 0 unspecified atom stereocenters. The van der Waals surface area contributed by atoms with E-state index in [2.05, 4.69) is 30.4 Å². The zero-order valence-corrected chi connectivity index (χ0v) is 12.5. The maximum atomic E-state index is 6.22. The highest BCUT2D eigenvalue weighted by Crippen LogP contribution is 2.26. The standard InChI is InChI=1S/C16H25NO3/c1-13-4-3-5-14(12-17-8-11-18-2)16(13)20-15-6-9-19-10-7-15/h3-5,15,17H,6-12H2,1-2H3. The molecule has 0 radical (unpaired) electrons. The smallest absolute Gasteiger partial charge is 0.127 e. The highest BCUT2D eigenvalue weighted by atomic mass is 16.5. The molecule has 0 spiro atoms. The molecule has 4 nitrogen and oxygen atoms in total. The third-order valence-corrected chi connectivity index (χ3v) is 3.54. The Kier molecular flexibility index (Phi) is 6.30. The Bertz CT molecular complexity index is 403. The van der Waals surface area contributed by atoms with Gasteiger partial charge in [0.15, 0.2) is 0 Å². The largest absolute Gasteiger partial charge is 0.490 e. The Morgan fingerprint density at radius 2 is 2.10 bits per heavy atom. The first-order valence-corrected chi connectivity index (χ1v) is 7.34. The minimum atomic E-state index is 0.280. The third-order valence-electron chi connectivity index (χ3n) is 3.54. The first-order valence-electron chi connectivity index (χ1n) is 7.34. The summed E-state index contributed by atoms with van der Waals surface area (Å²) in [6, 6.07) is 6.31. The van der Waals surface area contributed by atoms with Crippen LogP contribution in [0.4, 0.5) is 0 Å². The van der Waals surface area contributed by atoms with Crippen LogP contribution in [0.1, 0.15) is 24.0 Å². The van der Waals surface area contributed by atoms with Gasteiger partial charge in [-0.05, 0) is 12.5 Å². The number of methoxy groups -OCH3 is 1. The summed E-state index contributed by atoms with van der Waals surface area (Å²) in [4.78, 5) is 0. The molecule has 0 aromatic heterocycles. The maximum Gasteiger partial charge on any atom is 0.127 e. The molecule has 0 aliphatic carbocycles. The molecule has 4 heteroatoms. The molecular weight excluding hydrogens is 254 g/mol. The van der Waals surface area contributed by atoms with Crippen LogP contribution in [0.2, 0.25) is 0 Å². The van der Waals surface area contributed by atoms with Crippen LogP contribution in [-0.2, 0) is 16.0 Å². The van der Waals surface area contributed by atoms with E-state index in [9.17, 15) is 0 Å². The van der Waals surface area contributed by atoms with Crippen molar-refractivity contribution in [1.29, 1.82) is 0 Å². The van der Waals surface area contributed by atoms with Crippen LogP contribution >= 0.6 is 0 Å². The molecular formula is C16H25NO3. The number of aryl methyl sites for hydroxylation is 1. The quantitative estimate of drug-likeness (QED) is 0.777. The highest BCUT2D eigenvalue weighted by molar-refractivity contribution is 5.40. The second kappa shape index (κ2) is 8.25. The Morgan fingerprint density at radius 1 is 1.30 bits per heavy atom. The lowest BCUT2D eigenvalue weighted by atomic mass is 10.1. The molecule has 1 aliphatic heterocycles. The predicted octanol–water partition coefficient (Wildman–Crippen LogP) is 2.29. The fourth-order valence-corrected chi connectivity index (χ4v) is 2.38. The Morgan fingerprint density at radius 3 is 2.85 bits per heavy atom. The van der Waals surface area contributed by atoms with Crippen molar-refractivity contribution in [3.05, 3.63) is 29.3 Å². The lowest BCUT2D eigenvalue weighted by Crippen LogP contribution is -2.27. The van der Waals surface area contributed by atoms with Crippen LogP contribution in [0.15, 0.2) is 18.2 Å². The minimum Gasteiger partial charge on any atom is -0.490 e. The number of para-hydroxylation sites is 1. The van der Waals surface area contributed by atoms with Crippen molar-refractivity contribution in [3.63, 3.8) is 0 Å². The molecule has 20 heavy (non-hydrogen) atoms. The zero-order valence-electron chi connectivity index (χ0n) is 12.5.